The number of ether oxygens (including phenoxy) is 1. The molecule has 0 spiro atoms. The molecule has 5 heteroatoms. The Balaban J connectivity index is 2.51. The van der Waals surface area contributed by atoms with Gasteiger partial charge in [-0.25, -0.2) is 0 Å². The van der Waals surface area contributed by atoms with E-state index in [1.54, 1.807) is 0 Å². The van der Waals surface area contributed by atoms with Crippen molar-refractivity contribution in [3.05, 3.63) is 0 Å². The minimum absolute atomic E-state index is 0.478. The van der Waals surface area contributed by atoms with Gasteiger partial charge in [-0.1, -0.05) is 13.8 Å². The smallest absolute Gasteiger partial charge is 0.188 e. The molecule has 0 amide bonds. The average Bonchev–Trinajstić information content (AvgIpc) is 2.35. The van der Waals surface area contributed by atoms with Crippen LogP contribution in [0.2, 0.25) is 0 Å². The first-order chi connectivity index (χ1) is 8.63. The number of rotatable bonds is 6. The van der Waals surface area contributed by atoms with Gasteiger partial charge in [0.25, 0.3) is 0 Å². The highest BCUT2D eigenvalue weighted by atomic mass is 16.5. The third-order valence-electron chi connectivity index (χ3n) is 3.14. The molecule has 0 radical (unpaired) electrons. The van der Waals surface area contributed by atoms with Gasteiger partial charge in [0.15, 0.2) is 5.96 Å². The highest BCUT2D eigenvalue weighted by molar-refractivity contribution is 5.77. The first kappa shape index (κ1) is 15.2. The summed E-state index contributed by atoms with van der Waals surface area (Å²) in [7, 11) is 0. The SMILES string of the molecule is CCNC(N)=NCC(CC(C)C)N1CCOCC1. The Bertz CT molecular complexity index is 249. The topological polar surface area (TPSA) is 62.9 Å². The minimum Gasteiger partial charge on any atom is -0.379 e. The fourth-order valence-electron chi connectivity index (χ4n) is 2.27. The Labute approximate surface area is 111 Å². The Morgan fingerprint density at radius 2 is 2.06 bits per heavy atom. The maximum Gasteiger partial charge on any atom is 0.188 e. The second kappa shape index (κ2) is 8.32. The zero-order chi connectivity index (χ0) is 13.4. The summed E-state index contributed by atoms with van der Waals surface area (Å²) in [4.78, 5) is 6.92. The van der Waals surface area contributed by atoms with Crippen LogP contribution in [0.4, 0.5) is 0 Å². The maximum absolute atomic E-state index is 5.79. The number of guanidine groups is 1. The maximum atomic E-state index is 5.79. The van der Waals surface area contributed by atoms with Gasteiger partial charge in [-0.05, 0) is 19.3 Å². The van der Waals surface area contributed by atoms with Crippen molar-refractivity contribution in [1.29, 1.82) is 0 Å². The fourth-order valence-corrected chi connectivity index (χ4v) is 2.27. The molecular formula is C13H28N4O. The number of aliphatic imine (C=N–C) groups is 1. The molecule has 0 aromatic rings. The molecule has 1 unspecified atom stereocenters. The summed E-state index contributed by atoms with van der Waals surface area (Å²) in [6, 6.07) is 0.478. The molecule has 106 valence electrons. The molecule has 0 aromatic carbocycles. The van der Waals surface area contributed by atoms with E-state index in [1.807, 2.05) is 6.92 Å². The molecule has 1 rings (SSSR count). The van der Waals surface area contributed by atoms with Gasteiger partial charge in [-0.15, -0.1) is 0 Å². The van der Waals surface area contributed by atoms with Crippen LogP contribution in [-0.4, -0.2) is 56.3 Å². The van der Waals surface area contributed by atoms with E-state index < -0.39 is 0 Å². The van der Waals surface area contributed by atoms with Crippen molar-refractivity contribution in [3.8, 4) is 0 Å². The van der Waals surface area contributed by atoms with Gasteiger partial charge in [-0.2, -0.15) is 0 Å². The molecule has 1 saturated heterocycles. The summed E-state index contributed by atoms with van der Waals surface area (Å²) in [5, 5.41) is 3.04. The van der Waals surface area contributed by atoms with Crippen LogP contribution in [0.5, 0.6) is 0 Å². The summed E-state index contributed by atoms with van der Waals surface area (Å²) in [6.07, 6.45) is 1.16. The number of nitrogens with two attached hydrogens (primary N) is 1. The van der Waals surface area contributed by atoms with Gasteiger partial charge in [0, 0.05) is 25.7 Å². The molecule has 3 N–H and O–H groups in total. The van der Waals surface area contributed by atoms with E-state index in [4.69, 9.17) is 10.5 Å². The van der Waals surface area contributed by atoms with Crippen LogP contribution < -0.4 is 11.1 Å². The van der Waals surface area contributed by atoms with E-state index >= 15 is 0 Å². The van der Waals surface area contributed by atoms with E-state index in [9.17, 15) is 0 Å². The number of nitrogens with one attached hydrogen (secondary N) is 1. The van der Waals surface area contributed by atoms with Crippen molar-refractivity contribution in [3.63, 3.8) is 0 Å². The van der Waals surface area contributed by atoms with E-state index in [2.05, 4.69) is 29.1 Å². The van der Waals surface area contributed by atoms with E-state index in [0.29, 0.717) is 17.9 Å². The van der Waals surface area contributed by atoms with Gasteiger partial charge >= 0.3 is 0 Å². The molecule has 0 saturated carbocycles. The Morgan fingerprint density at radius 3 is 2.61 bits per heavy atom. The van der Waals surface area contributed by atoms with Crippen LogP contribution in [0.1, 0.15) is 27.2 Å². The highest BCUT2D eigenvalue weighted by Gasteiger charge is 2.21. The number of nitrogens with zero attached hydrogens (tertiary/aromatic N) is 2. The van der Waals surface area contributed by atoms with Crippen LogP contribution in [-0.2, 0) is 4.74 Å². The highest BCUT2D eigenvalue weighted by Crippen LogP contribution is 2.13. The normalized spacial score (nSPS) is 20.1. The molecule has 1 aliphatic heterocycles. The Hall–Kier alpha value is -0.810. The quantitative estimate of drug-likeness (QED) is 0.541. The van der Waals surface area contributed by atoms with E-state index in [0.717, 1.165) is 45.8 Å². The molecule has 1 aliphatic rings. The average molecular weight is 256 g/mol. The molecule has 0 aliphatic carbocycles. The van der Waals surface area contributed by atoms with Crippen molar-refractivity contribution < 1.29 is 4.74 Å². The van der Waals surface area contributed by atoms with Gasteiger partial charge in [-0.3, -0.25) is 9.89 Å². The molecule has 18 heavy (non-hydrogen) atoms. The standard InChI is InChI=1S/C13H28N4O/c1-4-15-13(14)16-10-12(9-11(2)3)17-5-7-18-8-6-17/h11-12H,4-10H2,1-3H3,(H3,14,15,16). The van der Waals surface area contributed by atoms with Crippen LogP contribution >= 0.6 is 0 Å². The van der Waals surface area contributed by atoms with Crippen molar-refractivity contribution >= 4 is 5.96 Å². The zero-order valence-electron chi connectivity index (χ0n) is 12.0. The molecule has 1 atom stereocenters. The summed E-state index contributed by atoms with van der Waals surface area (Å²) < 4.78 is 5.40. The van der Waals surface area contributed by atoms with Crippen molar-refractivity contribution in [1.82, 2.24) is 10.2 Å². The third kappa shape index (κ3) is 5.69. The van der Waals surface area contributed by atoms with E-state index in [-0.39, 0.29) is 0 Å². The zero-order valence-corrected chi connectivity index (χ0v) is 12.0. The van der Waals surface area contributed by atoms with Crippen molar-refractivity contribution in [2.45, 2.75) is 33.2 Å². The van der Waals surface area contributed by atoms with Gasteiger partial charge in [0.2, 0.25) is 0 Å². The minimum atomic E-state index is 0.478. The predicted octanol–water partition coefficient (Wildman–Crippen LogP) is 0.658. The first-order valence-electron chi connectivity index (χ1n) is 6.99. The molecule has 5 nitrogen and oxygen atoms in total. The summed E-state index contributed by atoms with van der Waals surface area (Å²) in [5.74, 6) is 1.23. The van der Waals surface area contributed by atoms with Crippen LogP contribution in [0.15, 0.2) is 4.99 Å². The second-order valence-electron chi connectivity index (χ2n) is 5.19. The monoisotopic (exact) mass is 256 g/mol. The van der Waals surface area contributed by atoms with E-state index in [1.165, 1.54) is 0 Å². The summed E-state index contributed by atoms with van der Waals surface area (Å²) >= 11 is 0. The molecule has 0 bridgehead atoms. The van der Waals surface area contributed by atoms with Crippen molar-refractivity contribution in [2.24, 2.45) is 16.6 Å². The lowest BCUT2D eigenvalue weighted by atomic mass is 10.0. The molecular weight excluding hydrogens is 228 g/mol. The van der Waals surface area contributed by atoms with Gasteiger partial charge in [0.05, 0.1) is 19.8 Å². The van der Waals surface area contributed by atoms with Crippen molar-refractivity contribution in [2.75, 3.05) is 39.4 Å². The lowest BCUT2D eigenvalue weighted by Crippen LogP contribution is -2.46. The molecule has 1 heterocycles. The first-order valence-corrected chi connectivity index (χ1v) is 6.99. The Morgan fingerprint density at radius 1 is 1.39 bits per heavy atom. The summed E-state index contributed by atoms with van der Waals surface area (Å²) in [6.45, 7) is 11.8. The fraction of sp³-hybridized carbons (Fsp3) is 0.923. The molecule has 1 fully saturated rings. The number of hydrogen-bond donors (Lipinski definition) is 2. The third-order valence-corrected chi connectivity index (χ3v) is 3.14. The predicted molar refractivity (Wildman–Crippen MR) is 75.8 cm³/mol. The lowest BCUT2D eigenvalue weighted by molar-refractivity contribution is 0.0143. The van der Waals surface area contributed by atoms with Gasteiger partial charge < -0.3 is 15.8 Å². The van der Waals surface area contributed by atoms with Crippen LogP contribution in [0.3, 0.4) is 0 Å². The number of morpholine rings is 1. The molecule has 0 aromatic heterocycles. The lowest BCUT2D eigenvalue weighted by Gasteiger charge is -2.34. The Kier molecular flexibility index (Phi) is 7.05. The number of hydrogen-bond acceptors (Lipinski definition) is 3. The largest absolute Gasteiger partial charge is 0.379 e. The second-order valence-corrected chi connectivity index (χ2v) is 5.19. The van der Waals surface area contributed by atoms with Crippen LogP contribution in [0, 0.1) is 5.92 Å². The van der Waals surface area contributed by atoms with Gasteiger partial charge in [0.1, 0.15) is 0 Å². The summed E-state index contributed by atoms with van der Waals surface area (Å²) in [5.41, 5.74) is 5.79. The van der Waals surface area contributed by atoms with Crippen LogP contribution in [0.25, 0.3) is 0 Å².